The summed E-state index contributed by atoms with van der Waals surface area (Å²) >= 11 is 0. The van der Waals surface area contributed by atoms with Crippen molar-refractivity contribution in [3.8, 4) is 0 Å². The first-order valence-corrected chi connectivity index (χ1v) is 6.37. The van der Waals surface area contributed by atoms with E-state index in [9.17, 15) is 0 Å². The summed E-state index contributed by atoms with van der Waals surface area (Å²) in [5.74, 6) is 0. The Morgan fingerprint density at radius 3 is 2.88 bits per heavy atom. The van der Waals surface area contributed by atoms with E-state index in [-0.39, 0.29) is 0 Å². The SMILES string of the molecule is CC1CC/C(=C/COCc2ccccc2)CN1. The summed E-state index contributed by atoms with van der Waals surface area (Å²) in [5.41, 5.74) is 2.72. The standard InChI is InChI=1S/C15H21NO/c1-13-7-8-14(11-16-13)9-10-17-12-15-5-3-2-4-6-15/h2-6,9,13,16H,7-8,10-12H2,1H3/b14-9-. The van der Waals surface area contributed by atoms with Gasteiger partial charge in [0.15, 0.2) is 0 Å². The molecule has 1 saturated heterocycles. The summed E-state index contributed by atoms with van der Waals surface area (Å²) in [5, 5.41) is 3.47. The zero-order valence-corrected chi connectivity index (χ0v) is 10.5. The van der Waals surface area contributed by atoms with Crippen LogP contribution in [-0.4, -0.2) is 19.2 Å². The average molecular weight is 231 g/mol. The highest BCUT2D eigenvalue weighted by molar-refractivity contribution is 5.13. The molecule has 0 radical (unpaired) electrons. The van der Waals surface area contributed by atoms with Crippen molar-refractivity contribution in [2.24, 2.45) is 0 Å². The predicted molar refractivity (Wildman–Crippen MR) is 70.9 cm³/mol. The molecule has 1 N–H and O–H groups in total. The summed E-state index contributed by atoms with van der Waals surface area (Å²) in [7, 11) is 0. The van der Waals surface area contributed by atoms with Gasteiger partial charge in [0.2, 0.25) is 0 Å². The maximum Gasteiger partial charge on any atom is 0.0721 e. The molecule has 17 heavy (non-hydrogen) atoms. The van der Waals surface area contributed by atoms with E-state index < -0.39 is 0 Å². The number of benzene rings is 1. The van der Waals surface area contributed by atoms with Crippen molar-refractivity contribution in [1.82, 2.24) is 5.32 Å². The molecule has 1 atom stereocenters. The molecule has 0 spiro atoms. The molecular weight excluding hydrogens is 210 g/mol. The number of ether oxygens (including phenoxy) is 1. The van der Waals surface area contributed by atoms with Crippen molar-refractivity contribution >= 4 is 0 Å². The molecule has 0 bridgehead atoms. The maximum absolute atomic E-state index is 5.65. The highest BCUT2D eigenvalue weighted by Crippen LogP contribution is 2.12. The lowest BCUT2D eigenvalue weighted by molar-refractivity contribution is 0.148. The fourth-order valence-electron chi connectivity index (χ4n) is 2.00. The second-order valence-corrected chi connectivity index (χ2v) is 4.68. The van der Waals surface area contributed by atoms with Gasteiger partial charge < -0.3 is 10.1 Å². The van der Waals surface area contributed by atoms with Crippen LogP contribution in [0.15, 0.2) is 42.0 Å². The van der Waals surface area contributed by atoms with Crippen molar-refractivity contribution < 1.29 is 4.74 Å². The van der Waals surface area contributed by atoms with Crippen molar-refractivity contribution in [1.29, 1.82) is 0 Å². The van der Waals surface area contributed by atoms with Gasteiger partial charge in [-0.3, -0.25) is 0 Å². The Bertz CT molecular complexity index is 348. The van der Waals surface area contributed by atoms with Gasteiger partial charge in [-0.15, -0.1) is 0 Å². The first-order chi connectivity index (χ1) is 8.34. The van der Waals surface area contributed by atoms with Gasteiger partial charge in [0.25, 0.3) is 0 Å². The molecule has 1 aliphatic heterocycles. The minimum absolute atomic E-state index is 0.664. The Kier molecular flexibility index (Phi) is 4.77. The monoisotopic (exact) mass is 231 g/mol. The topological polar surface area (TPSA) is 21.3 Å². The highest BCUT2D eigenvalue weighted by atomic mass is 16.5. The molecule has 0 aliphatic carbocycles. The van der Waals surface area contributed by atoms with Crippen LogP contribution < -0.4 is 5.32 Å². The van der Waals surface area contributed by atoms with Gasteiger partial charge in [-0.05, 0) is 25.3 Å². The van der Waals surface area contributed by atoms with Gasteiger partial charge in [-0.25, -0.2) is 0 Å². The molecule has 1 fully saturated rings. The van der Waals surface area contributed by atoms with Crippen molar-refractivity contribution in [2.75, 3.05) is 13.2 Å². The Morgan fingerprint density at radius 2 is 2.18 bits per heavy atom. The Morgan fingerprint density at radius 1 is 1.35 bits per heavy atom. The zero-order chi connectivity index (χ0) is 11.9. The molecule has 1 aromatic rings. The lowest BCUT2D eigenvalue weighted by Gasteiger charge is -2.22. The molecule has 2 nitrogen and oxygen atoms in total. The molecule has 2 rings (SSSR count). The minimum Gasteiger partial charge on any atom is -0.373 e. The predicted octanol–water partition coefficient (Wildman–Crippen LogP) is 2.90. The molecule has 0 aromatic heterocycles. The number of rotatable bonds is 4. The number of piperidine rings is 1. The molecule has 1 aromatic carbocycles. The van der Waals surface area contributed by atoms with Crippen LogP contribution in [0, 0.1) is 0 Å². The van der Waals surface area contributed by atoms with E-state index in [0.29, 0.717) is 12.6 Å². The van der Waals surface area contributed by atoms with E-state index in [1.165, 1.54) is 24.0 Å². The minimum atomic E-state index is 0.664. The van der Waals surface area contributed by atoms with Crippen LogP contribution in [0.25, 0.3) is 0 Å². The fraction of sp³-hybridized carbons (Fsp3) is 0.467. The second kappa shape index (κ2) is 6.58. The largest absolute Gasteiger partial charge is 0.373 e. The van der Waals surface area contributed by atoms with Gasteiger partial charge in [-0.1, -0.05) is 42.0 Å². The van der Waals surface area contributed by atoms with E-state index >= 15 is 0 Å². The highest BCUT2D eigenvalue weighted by Gasteiger charge is 2.10. The third kappa shape index (κ3) is 4.33. The Hall–Kier alpha value is -1.12. The molecule has 1 heterocycles. The van der Waals surface area contributed by atoms with Crippen LogP contribution in [0.3, 0.4) is 0 Å². The van der Waals surface area contributed by atoms with Gasteiger partial charge in [0, 0.05) is 12.6 Å². The van der Waals surface area contributed by atoms with Crippen LogP contribution in [0.5, 0.6) is 0 Å². The second-order valence-electron chi connectivity index (χ2n) is 4.68. The van der Waals surface area contributed by atoms with E-state index in [1.807, 2.05) is 18.2 Å². The van der Waals surface area contributed by atoms with E-state index in [4.69, 9.17) is 4.74 Å². The van der Waals surface area contributed by atoms with Crippen molar-refractivity contribution in [2.45, 2.75) is 32.4 Å². The molecule has 1 unspecified atom stereocenters. The molecule has 1 aliphatic rings. The quantitative estimate of drug-likeness (QED) is 0.635. The van der Waals surface area contributed by atoms with Gasteiger partial charge in [0.05, 0.1) is 13.2 Å². The van der Waals surface area contributed by atoms with Crippen molar-refractivity contribution in [3.05, 3.63) is 47.5 Å². The fourth-order valence-corrected chi connectivity index (χ4v) is 2.00. The molecule has 2 heteroatoms. The summed E-state index contributed by atoms with van der Waals surface area (Å²) in [6.45, 7) is 4.69. The first kappa shape index (κ1) is 12.3. The molecule has 0 saturated carbocycles. The van der Waals surface area contributed by atoms with Crippen LogP contribution >= 0.6 is 0 Å². The van der Waals surface area contributed by atoms with Crippen molar-refractivity contribution in [3.63, 3.8) is 0 Å². The van der Waals surface area contributed by atoms with Gasteiger partial charge in [-0.2, -0.15) is 0 Å². The molecule has 92 valence electrons. The van der Waals surface area contributed by atoms with Gasteiger partial charge in [0.1, 0.15) is 0 Å². The van der Waals surface area contributed by atoms with Crippen LogP contribution in [0.4, 0.5) is 0 Å². The van der Waals surface area contributed by atoms with Crippen LogP contribution in [0.2, 0.25) is 0 Å². The number of nitrogens with one attached hydrogen (secondary N) is 1. The molecule has 0 amide bonds. The van der Waals surface area contributed by atoms with Gasteiger partial charge >= 0.3 is 0 Å². The van der Waals surface area contributed by atoms with E-state index in [2.05, 4.69) is 30.4 Å². The Labute approximate surface area is 104 Å². The number of hydrogen-bond donors (Lipinski definition) is 1. The van der Waals surface area contributed by atoms with E-state index in [0.717, 1.165) is 13.2 Å². The third-order valence-electron chi connectivity index (χ3n) is 3.18. The average Bonchev–Trinajstić information content (AvgIpc) is 2.38. The van der Waals surface area contributed by atoms with E-state index in [1.54, 1.807) is 0 Å². The third-order valence-corrected chi connectivity index (χ3v) is 3.18. The van der Waals surface area contributed by atoms with Crippen LogP contribution in [0.1, 0.15) is 25.3 Å². The summed E-state index contributed by atoms with van der Waals surface area (Å²) in [6.07, 6.45) is 4.68. The zero-order valence-electron chi connectivity index (χ0n) is 10.5. The Balaban J connectivity index is 1.68. The summed E-state index contributed by atoms with van der Waals surface area (Å²) in [6, 6.07) is 11.0. The smallest absolute Gasteiger partial charge is 0.0721 e. The summed E-state index contributed by atoms with van der Waals surface area (Å²) < 4.78 is 5.65. The normalized spacial score (nSPS) is 22.9. The lowest BCUT2D eigenvalue weighted by atomic mass is 10.0. The van der Waals surface area contributed by atoms with Crippen LogP contribution in [-0.2, 0) is 11.3 Å². The maximum atomic E-state index is 5.65. The first-order valence-electron chi connectivity index (χ1n) is 6.37. The number of hydrogen-bond acceptors (Lipinski definition) is 2. The molecular formula is C15H21NO. The lowest BCUT2D eigenvalue weighted by Crippen LogP contribution is -2.32. The summed E-state index contributed by atoms with van der Waals surface area (Å²) in [4.78, 5) is 0.